The van der Waals surface area contributed by atoms with Gasteiger partial charge in [-0.05, 0) is 31.5 Å². The maximum Gasteiger partial charge on any atom is 0.139 e. The van der Waals surface area contributed by atoms with E-state index in [-0.39, 0.29) is 6.04 Å². The molecule has 4 nitrogen and oxygen atoms in total. The molecule has 4 rings (SSSR count). The van der Waals surface area contributed by atoms with Crippen molar-refractivity contribution in [2.24, 2.45) is 0 Å². The SMILES string of the molecule is Cc1nc(NC(C)c2ccccn2)c2c(-c3ccccc3)csc2n1. The van der Waals surface area contributed by atoms with Crippen molar-refractivity contribution in [2.45, 2.75) is 19.9 Å². The van der Waals surface area contributed by atoms with Crippen LogP contribution in [0.5, 0.6) is 0 Å². The lowest BCUT2D eigenvalue weighted by molar-refractivity contribution is 0.831. The standard InChI is InChI=1S/C20H18N4S/c1-13(17-10-6-7-11-21-17)22-19-18-16(15-8-4-3-5-9-15)12-25-20(18)24-14(2)23-19/h3-13H,1-2H3,(H,22,23,24). The van der Waals surface area contributed by atoms with Gasteiger partial charge >= 0.3 is 0 Å². The molecule has 0 aliphatic heterocycles. The van der Waals surface area contributed by atoms with E-state index in [0.29, 0.717) is 0 Å². The van der Waals surface area contributed by atoms with E-state index >= 15 is 0 Å². The van der Waals surface area contributed by atoms with Gasteiger partial charge in [-0.3, -0.25) is 4.98 Å². The fourth-order valence-corrected chi connectivity index (χ4v) is 3.89. The van der Waals surface area contributed by atoms with E-state index in [1.807, 2.05) is 37.4 Å². The second-order valence-electron chi connectivity index (χ2n) is 5.94. The summed E-state index contributed by atoms with van der Waals surface area (Å²) in [6, 6.07) is 16.4. The van der Waals surface area contributed by atoms with Crippen LogP contribution in [0, 0.1) is 6.92 Å². The van der Waals surface area contributed by atoms with Crippen LogP contribution in [0.4, 0.5) is 5.82 Å². The Kier molecular flexibility index (Phi) is 4.15. The minimum atomic E-state index is 0.0576. The largest absolute Gasteiger partial charge is 0.361 e. The van der Waals surface area contributed by atoms with Crippen molar-refractivity contribution in [3.8, 4) is 11.1 Å². The van der Waals surface area contributed by atoms with Crippen molar-refractivity contribution in [1.29, 1.82) is 0 Å². The van der Waals surface area contributed by atoms with E-state index in [1.54, 1.807) is 11.3 Å². The molecule has 0 aliphatic rings. The van der Waals surface area contributed by atoms with Crippen molar-refractivity contribution < 1.29 is 0 Å². The van der Waals surface area contributed by atoms with Crippen LogP contribution in [0.2, 0.25) is 0 Å². The summed E-state index contributed by atoms with van der Waals surface area (Å²) in [5.74, 6) is 1.63. The number of pyridine rings is 1. The Hall–Kier alpha value is -2.79. The molecule has 3 heterocycles. The molecule has 0 fully saturated rings. The fourth-order valence-electron chi connectivity index (χ4n) is 2.89. The number of rotatable bonds is 4. The van der Waals surface area contributed by atoms with Crippen molar-refractivity contribution in [3.63, 3.8) is 0 Å². The number of aromatic nitrogens is 3. The summed E-state index contributed by atoms with van der Waals surface area (Å²) in [6.07, 6.45) is 1.81. The minimum absolute atomic E-state index is 0.0576. The van der Waals surface area contributed by atoms with E-state index < -0.39 is 0 Å². The molecule has 0 bridgehead atoms. The van der Waals surface area contributed by atoms with E-state index in [9.17, 15) is 0 Å². The van der Waals surface area contributed by atoms with Gasteiger partial charge in [0.25, 0.3) is 0 Å². The van der Waals surface area contributed by atoms with Gasteiger partial charge in [-0.25, -0.2) is 9.97 Å². The summed E-state index contributed by atoms with van der Waals surface area (Å²) in [4.78, 5) is 14.7. The monoisotopic (exact) mass is 346 g/mol. The Labute approximate surface area is 150 Å². The molecule has 1 aromatic carbocycles. The number of benzene rings is 1. The third-order valence-electron chi connectivity index (χ3n) is 4.11. The molecule has 3 aromatic heterocycles. The quantitative estimate of drug-likeness (QED) is 0.549. The highest BCUT2D eigenvalue weighted by molar-refractivity contribution is 7.17. The number of nitrogens with one attached hydrogen (secondary N) is 1. The Morgan fingerprint density at radius 2 is 1.80 bits per heavy atom. The van der Waals surface area contributed by atoms with Crippen LogP contribution in [0.1, 0.15) is 24.5 Å². The summed E-state index contributed by atoms with van der Waals surface area (Å²) >= 11 is 1.65. The normalized spacial score (nSPS) is 12.2. The fraction of sp³-hybridized carbons (Fsp3) is 0.150. The lowest BCUT2D eigenvalue weighted by atomic mass is 10.1. The first-order chi connectivity index (χ1) is 12.2. The predicted octanol–water partition coefficient (Wildman–Crippen LogP) is 5.23. The number of nitrogens with zero attached hydrogens (tertiary/aromatic N) is 3. The molecule has 5 heteroatoms. The first kappa shape index (κ1) is 15.7. The van der Waals surface area contributed by atoms with Gasteiger partial charge in [0, 0.05) is 17.1 Å². The van der Waals surface area contributed by atoms with Crippen molar-refractivity contribution in [2.75, 3.05) is 5.32 Å². The second-order valence-corrected chi connectivity index (χ2v) is 6.79. The summed E-state index contributed by atoms with van der Waals surface area (Å²) < 4.78 is 0. The number of fused-ring (bicyclic) bond motifs is 1. The van der Waals surface area contributed by atoms with Crippen molar-refractivity contribution in [1.82, 2.24) is 15.0 Å². The smallest absolute Gasteiger partial charge is 0.139 e. The molecule has 1 N–H and O–H groups in total. The van der Waals surface area contributed by atoms with Crippen LogP contribution in [0.15, 0.2) is 60.1 Å². The van der Waals surface area contributed by atoms with Gasteiger partial charge in [0.1, 0.15) is 16.5 Å². The molecule has 0 radical (unpaired) electrons. The summed E-state index contributed by atoms with van der Waals surface area (Å²) in [5, 5.41) is 6.76. The maximum atomic E-state index is 4.68. The van der Waals surface area contributed by atoms with Gasteiger partial charge in [-0.2, -0.15) is 0 Å². The Morgan fingerprint density at radius 1 is 1.00 bits per heavy atom. The highest BCUT2D eigenvalue weighted by Gasteiger charge is 2.16. The lowest BCUT2D eigenvalue weighted by Crippen LogP contribution is -2.10. The zero-order chi connectivity index (χ0) is 17.2. The van der Waals surface area contributed by atoms with Crippen molar-refractivity contribution >= 4 is 27.4 Å². The van der Waals surface area contributed by atoms with Gasteiger partial charge in [-0.15, -0.1) is 11.3 Å². The Morgan fingerprint density at radius 3 is 2.56 bits per heavy atom. The average molecular weight is 346 g/mol. The van der Waals surface area contributed by atoms with Gasteiger partial charge in [0.15, 0.2) is 0 Å². The summed E-state index contributed by atoms with van der Waals surface area (Å²) in [5.41, 5.74) is 3.33. The zero-order valence-corrected chi connectivity index (χ0v) is 14.9. The molecule has 1 unspecified atom stereocenters. The van der Waals surface area contributed by atoms with Crippen LogP contribution < -0.4 is 5.32 Å². The van der Waals surface area contributed by atoms with E-state index in [1.165, 1.54) is 5.56 Å². The zero-order valence-electron chi connectivity index (χ0n) is 14.1. The minimum Gasteiger partial charge on any atom is -0.361 e. The number of hydrogen-bond donors (Lipinski definition) is 1. The molecule has 0 saturated heterocycles. The van der Waals surface area contributed by atoms with Gasteiger partial charge in [0.05, 0.1) is 17.1 Å². The highest BCUT2D eigenvalue weighted by Crippen LogP contribution is 2.37. The molecule has 124 valence electrons. The Balaban J connectivity index is 1.81. The summed E-state index contributed by atoms with van der Waals surface area (Å²) in [6.45, 7) is 4.03. The molecule has 4 aromatic rings. The molecule has 0 spiro atoms. The maximum absolute atomic E-state index is 4.68. The first-order valence-electron chi connectivity index (χ1n) is 8.21. The average Bonchev–Trinajstić information content (AvgIpc) is 3.07. The third kappa shape index (κ3) is 3.10. The number of hydrogen-bond acceptors (Lipinski definition) is 5. The lowest BCUT2D eigenvalue weighted by Gasteiger charge is -2.16. The van der Waals surface area contributed by atoms with E-state index in [2.05, 4.69) is 56.8 Å². The van der Waals surface area contributed by atoms with E-state index in [0.717, 1.165) is 33.1 Å². The number of anilines is 1. The first-order valence-corrected chi connectivity index (χ1v) is 9.09. The number of aryl methyl sites for hydroxylation is 1. The van der Waals surface area contributed by atoms with E-state index in [4.69, 9.17) is 0 Å². The molecule has 1 atom stereocenters. The predicted molar refractivity (Wildman–Crippen MR) is 104 cm³/mol. The molecule has 0 amide bonds. The molecular formula is C20H18N4S. The van der Waals surface area contributed by atoms with Crippen LogP contribution in [-0.2, 0) is 0 Å². The molecule has 25 heavy (non-hydrogen) atoms. The summed E-state index contributed by atoms with van der Waals surface area (Å²) in [7, 11) is 0. The highest BCUT2D eigenvalue weighted by atomic mass is 32.1. The molecule has 0 saturated carbocycles. The Bertz CT molecular complexity index is 996. The van der Waals surface area contributed by atoms with Crippen LogP contribution in [0.25, 0.3) is 21.3 Å². The van der Waals surface area contributed by atoms with Gasteiger partial charge in [0.2, 0.25) is 0 Å². The molecule has 0 aliphatic carbocycles. The molecular weight excluding hydrogens is 328 g/mol. The van der Waals surface area contributed by atoms with Crippen LogP contribution in [-0.4, -0.2) is 15.0 Å². The van der Waals surface area contributed by atoms with Gasteiger partial charge in [-0.1, -0.05) is 36.4 Å². The second kappa shape index (κ2) is 6.61. The topological polar surface area (TPSA) is 50.7 Å². The number of thiophene rings is 1. The van der Waals surface area contributed by atoms with Crippen LogP contribution >= 0.6 is 11.3 Å². The van der Waals surface area contributed by atoms with Gasteiger partial charge < -0.3 is 5.32 Å². The van der Waals surface area contributed by atoms with Crippen molar-refractivity contribution in [3.05, 3.63) is 71.6 Å². The third-order valence-corrected chi connectivity index (χ3v) is 4.99. The van der Waals surface area contributed by atoms with Crippen LogP contribution in [0.3, 0.4) is 0 Å².